The number of halogens is 3. The standard InChI is InChI=1S/C14H19F3N2O/c1-2-8-19-13(20)7-9-18-10-11-5-3-4-6-12(11)14(15,16)17/h3-6,18H,2,7-10H2,1H3,(H,19,20). The van der Waals surface area contributed by atoms with Gasteiger partial charge in [0.1, 0.15) is 0 Å². The zero-order valence-electron chi connectivity index (χ0n) is 11.4. The second-order valence-electron chi connectivity index (χ2n) is 4.43. The Morgan fingerprint density at radius 1 is 1.20 bits per heavy atom. The van der Waals surface area contributed by atoms with Gasteiger partial charge in [-0.15, -0.1) is 0 Å². The molecule has 3 nitrogen and oxygen atoms in total. The van der Waals surface area contributed by atoms with Gasteiger partial charge in [-0.1, -0.05) is 25.1 Å². The van der Waals surface area contributed by atoms with Gasteiger partial charge in [-0.25, -0.2) is 0 Å². The Morgan fingerprint density at radius 2 is 1.90 bits per heavy atom. The molecule has 1 aromatic carbocycles. The van der Waals surface area contributed by atoms with Crippen LogP contribution in [-0.4, -0.2) is 19.0 Å². The fourth-order valence-electron chi connectivity index (χ4n) is 1.73. The van der Waals surface area contributed by atoms with Crippen LogP contribution in [0.5, 0.6) is 0 Å². The summed E-state index contributed by atoms with van der Waals surface area (Å²) < 4.78 is 38.2. The normalized spacial score (nSPS) is 11.4. The molecule has 0 atom stereocenters. The lowest BCUT2D eigenvalue weighted by atomic mass is 10.1. The summed E-state index contributed by atoms with van der Waals surface area (Å²) in [5, 5.41) is 5.57. The third kappa shape index (κ3) is 5.61. The van der Waals surface area contributed by atoms with E-state index in [4.69, 9.17) is 0 Å². The summed E-state index contributed by atoms with van der Waals surface area (Å²) in [6.07, 6.45) is -3.23. The minimum absolute atomic E-state index is 0.0940. The smallest absolute Gasteiger partial charge is 0.356 e. The van der Waals surface area contributed by atoms with Gasteiger partial charge in [0.25, 0.3) is 0 Å². The monoisotopic (exact) mass is 288 g/mol. The van der Waals surface area contributed by atoms with Crippen LogP contribution in [0.1, 0.15) is 30.9 Å². The van der Waals surface area contributed by atoms with Gasteiger partial charge in [-0.05, 0) is 18.1 Å². The van der Waals surface area contributed by atoms with Crippen LogP contribution < -0.4 is 10.6 Å². The largest absolute Gasteiger partial charge is 0.416 e. The summed E-state index contributed by atoms with van der Waals surface area (Å²) in [6.45, 7) is 3.01. The van der Waals surface area contributed by atoms with Crippen molar-refractivity contribution in [3.63, 3.8) is 0 Å². The van der Waals surface area contributed by atoms with Crippen molar-refractivity contribution in [3.8, 4) is 0 Å². The molecule has 20 heavy (non-hydrogen) atoms. The Hall–Kier alpha value is -1.56. The second-order valence-corrected chi connectivity index (χ2v) is 4.43. The Balaban J connectivity index is 2.41. The van der Waals surface area contributed by atoms with Crippen molar-refractivity contribution in [2.75, 3.05) is 13.1 Å². The van der Waals surface area contributed by atoms with E-state index in [2.05, 4.69) is 10.6 Å². The molecule has 0 heterocycles. The molecular weight excluding hydrogens is 269 g/mol. The average molecular weight is 288 g/mol. The lowest BCUT2D eigenvalue weighted by Gasteiger charge is -2.13. The van der Waals surface area contributed by atoms with E-state index in [1.807, 2.05) is 6.92 Å². The minimum atomic E-state index is -4.35. The highest BCUT2D eigenvalue weighted by atomic mass is 19.4. The van der Waals surface area contributed by atoms with E-state index in [0.717, 1.165) is 12.5 Å². The van der Waals surface area contributed by atoms with Crippen LogP contribution in [0.25, 0.3) is 0 Å². The van der Waals surface area contributed by atoms with Gasteiger partial charge < -0.3 is 10.6 Å². The highest BCUT2D eigenvalue weighted by molar-refractivity contribution is 5.75. The number of hydrogen-bond acceptors (Lipinski definition) is 2. The number of benzene rings is 1. The molecule has 0 aliphatic carbocycles. The number of carbonyl (C=O) groups is 1. The van der Waals surface area contributed by atoms with Crippen LogP contribution in [-0.2, 0) is 17.5 Å². The molecule has 6 heteroatoms. The highest BCUT2D eigenvalue weighted by Gasteiger charge is 2.32. The molecule has 1 amide bonds. The van der Waals surface area contributed by atoms with Crippen LogP contribution in [0, 0.1) is 0 Å². The van der Waals surface area contributed by atoms with Crippen LogP contribution in [0.3, 0.4) is 0 Å². The number of hydrogen-bond donors (Lipinski definition) is 2. The number of rotatable bonds is 7. The molecule has 0 fully saturated rings. The summed E-state index contributed by atoms with van der Waals surface area (Å²) in [5.74, 6) is -0.0940. The van der Waals surface area contributed by atoms with Crippen LogP contribution in [0.4, 0.5) is 13.2 Å². The average Bonchev–Trinajstić information content (AvgIpc) is 2.40. The second kappa shape index (κ2) is 7.89. The van der Waals surface area contributed by atoms with Crippen molar-refractivity contribution >= 4 is 5.91 Å². The summed E-state index contributed by atoms with van der Waals surface area (Å²) in [7, 11) is 0. The first kappa shape index (κ1) is 16.5. The molecule has 0 spiro atoms. The molecule has 0 aliphatic rings. The van der Waals surface area contributed by atoms with Gasteiger partial charge in [0.05, 0.1) is 5.56 Å². The maximum absolute atomic E-state index is 12.7. The minimum Gasteiger partial charge on any atom is -0.356 e. The fourth-order valence-corrected chi connectivity index (χ4v) is 1.73. The Morgan fingerprint density at radius 3 is 2.55 bits per heavy atom. The van der Waals surface area contributed by atoms with Crippen molar-refractivity contribution in [2.24, 2.45) is 0 Å². The van der Waals surface area contributed by atoms with Crippen molar-refractivity contribution in [1.29, 1.82) is 0 Å². The molecule has 1 rings (SSSR count). The number of amides is 1. The third-order valence-electron chi connectivity index (χ3n) is 2.74. The van der Waals surface area contributed by atoms with Gasteiger partial charge in [-0.2, -0.15) is 13.2 Å². The summed E-state index contributed by atoms with van der Waals surface area (Å²) in [6, 6.07) is 5.43. The number of carbonyl (C=O) groups excluding carboxylic acids is 1. The molecule has 0 unspecified atom stereocenters. The third-order valence-corrected chi connectivity index (χ3v) is 2.74. The van der Waals surface area contributed by atoms with Gasteiger partial charge in [0.15, 0.2) is 0 Å². The molecule has 0 bridgehead atoms. The Kier molecular flexibility index (Phi) is 6.51. The topological polar surface area (TPSA) is 41.1 Å². The van der Waals surface area contributed by atoms with Gasteiger partial charge in [-0.3, -0.25) is 4.79 Å². The van der Waals surface area contributed by atoms with Crippen molar-refractivity contribution < 1.29 is 18.0 Å². The summed E-state index contributed by atoms with van der Waals surface area (Å²) >= 11 is 0. The Labute approximate surface area is 116 Å². The SMILES string of the molecule is CCCNC(=O)CCNCc1ccccc1C(F)(F)F. The zero-order valence-corrected chi connectivity index (χ0v) is 11.4. The van der Waals surface area contributed by atoms with E-state index in [-0.39, 0.29) is 24.4 Å². The first-order chi connectivity index (χ1) is 9.45. The molecule has 0 saturated carbocycles. The molecule has 0 aromatic heterocycles. The van der Waals surface area contributed by atoms with E-state index >= 15 is 0 Å². The maximum atomic E-state index is 12.7. The lowest BCUT2D eigenvalue weighted by Crippen LogP contribution is -2.28. The molecule has 0 aliphatic heterocycles. The first-order valence-corrected chi connectivity index (χ1v) is 6.57. The van der Waals surface area contributed by atoms with Gasteiger partial charge in [0.2, 0.25) is 5.91 Å². The summed E-state index contributed by atoms with van der Waals surface area (Å²) in [5.41, 5.74) is -0.447. The van der Waals surface area contributed by atoms with Crippen molar-refractivity contribution in [1.82, 2.24) is 10.6 Å². The predicted molar refractivity (Wildman–Crippen MR) is 71.1 cm³/mol. The van der Waals surface area contributed by atoms with Gasteiger partial charge in [0, 0.05) is 26.1 Å². The van der Waals surface area contributed by atoms with E-state index in [1.54, 1.807) is 6.07 Å². The maximum Gasteiger partial charge on any atom is 0.416 e. The van der Waals surface area contributed by atoms with E-state index in [9.17, 15) is 18.0 Å². The Bertz CT molecular complexity index is 433. The van der Waals surface area contributed by atoms with Crippen LogP contribution >= 0.6 is 0 Å². The molecule has 0 radical (unpaired) electrons. The van der Waals surface area contributed by atoms with E-state index in [0.29, 0.717) is 13.1 Å². The molecule has 2 N–H and O–H groups in total. The van der Waals surface area contributed by atoms with Crippen LogP contribution in [0.2, 0.25) is 0 Å². The number of nitrogens with one attached hydrogen (secondary N) is 2. The van der Waals surface area contributed by atoms with Gasteiger partial charge >= 0.3 is 6.18 Å². The quantitative estimate of drug-likeness (QED) is 0.757. The molecule has 1 aromatic rings. The van der Waals surface area contributed by atoms with E-state index in [1.165, 1.54) is 12.1 Å². The number of alkyl halides is 3. The first-order valence-electron chi connectivity index (χ1n) is 6.57. The molecule has 112 valence electrons. The van der Waals surface area contributed by atoms with Crippen LogP contribution in [0.15, 0.2) is 24.3 Å². The molecular formula is C14H19F3N2O. The lowest BCUT2D eigenvalue weighted by molar-refractivity contribution is -0.138. The molecule has 0 saturated heterocycles. The highest BCUT2D eigenvalue weighted by Crippen LogP contribution is 2.31. The predicted octanol–water partition coefficient (Wildman–Crippen LogP) is 2.71. The van der Waals surface area contributed by atoms with E-state index < -0.39 is 11.7 Å². The van der Waals surface area contributed by atoms with Crippen molar-refractivity contribution in [3.05, 3.63) is 35.4 Å². The summed E-state index contributed by atoms with van der Waals surface area (Å²) in [4.78, 5) is 11.3. The fraction of sp³-hybridized carbons (Fsp3) is 0.500. The zero-order chi connectivity index (χ0) is 15.0. The van der Waals surface area contributed by atoms with Crippen molar-refractivity contribution in [2.45, 2.75) is 32.5 Å².